The number of fused-ring (bicyclic) bond motifs is 1. The van der Waals surface area contributed by atoms with Crippen molar-refractivity contribution in [1.82, 2.24) is 24.9 Å². The number of nitrogens with zero attached hydrogens (tertiary/aromatic N) is 4. The highest BCUT2D eigenvalue weighted by molar-refractivity contribution is 6.67. The van der Waals surface area contributed by atoms with Crippen molar-refractivity contribution in [3.63, 3.8) is 0 Å². The number of hydrogen-bond acceptors (Lipinski definition) is 7. The number of nitrogens with one attached hydrogen (secondary N) is 2. The van der Waals surface area contributed by atoms with E-state index < -0.39 is 33.6 Å². The molecule has 2 fully saturated rings. The second-order valence-corrected chi connectivity index (χ2v) is 12.4. The number of carbonyl (C=O) groups is 4. The quantitative estimate of drug-likeness (QED) is 0.374. The molecule has 3 aliphatic rings. The number of carbonyl (C=O) groups excluding carboxylic acids is 4. The number of likely N-dealkylation sites (tertiary alicyclic amines) is 1. The number of amides is 4. The molecule has 1 aromatic carbocycles. The van der Waals surface area contributed by atoms with Gasteiger partial charge in [-0.05, 0) is 37.8 Å². The molecule has 3 aliphatic heterocycles. The number of piperidine rings is 2. The van der Waals surface area contributed by atoms with Crippen molar-refractivity contribution in [2.24, 2.45) is 0 Å². The molecule has 4 amide bonds. The molecule has 212 valence electrons. The van der Waals surface area contributed by atoms with Gasteiger partial charge in [0.15, 0.2) is 0 Å². The van der Waals surface area contributed by atoms with Gasteiger partial charge in [0.25, 0.3) is 11.8 Å². The van der Waals surface area contributed by atoms with Crippen LogP contribution in [0.15, 0.2) is 42.9 Å². The number of allylic oxidation sites excluding steroid dienone is 1. The first-order valence-electron chi connectivity index (χ1n) is 12.8. The SMILES string of the molecule is C=C1CCC(N2C(=O)c3cccc(NCc4cnn(C5CCN(C(=O)OCC(Cl)(Cl)Cl)CC5)c4)c3C2=O)C(=O)N1. The lowest BCUT2D eigenvalue weighted by atomic mass is 10.0. The minimum atomic E-state index is -1.66. The smallest absolute Gasteiger partial charge is 0.409 e. The van der Waals surface area contributed by atoms with Gasteiger partial charge < -0.3 is 20.3 Å². The molecule has 5 rings (SSSR count). The first-order chi connectivity index (χ1) is 19.0. The van der Waals surface area contributed by atoms with Gasteiger partial charge in [-0.3, -0.25) is 24.0 Å². The molecule has 1 aromatic heterocycles. The van der Waals surface area contributed by atoms with Crippen molar-refractivity contribution in [1.29, 1.82) is 0 Å². The molecule has 0 radical (unpaired) electrons. The van der Waals surface area contributed by atoms with Gasteiger partial charge in [0, 0.05) is 42.8 Å². The van der Waals surface area contributed by atoms with Gasteiger partial charge in [0.2, 0.25) is 9.70 Å². The lowest BCUT2D eigenvalue weighted by Gasteiger charge is -2.31. The van der Waals surface area contributed by atoms with E-state index in [-0.39, 0.29) is 23.8 Å². The molecule has 0 bridgehead atoms. The maximum absolute atomic E-state index is 13.3. The molecule has 2 N–H and O–H groups in total. The Bertz CT molecular complexity index is 1360. The standard InChI is InChI=1S/C26H27Cl3N6O5/c1-15-5-6-20(22(36)32-15)35-23(37)18-3-2-4-19(21(18)24(35)38)30-11-16-12-31-34(13-16)17-7-9-33(10-8-17)25(39)40-14-26(27,28)29/h2-4,12-13,17,20,30H,1,5-11,14H2,(H,32,36). The molecule has 2 aromatic rings. The summed E-state index contributed by atoms with van der Waals surface area (Å²) in [5, 5.41) is 10.4. The second kappa shape index (κ2) is 11.3. The molecule has 0 saturated carbocycles. The Labute approximate surface area is 245 Å². The van der Waals surface area contributed by atoms with Crippen LogP contribution in [0.3, 0.4) is 0 Å². The molecule has 4 heterocycles. The Balaban J connectivity index is 1.19. The van der Waals surface area contributed by atoms with E-state index in [0.717, 1.165) is 10.5 Å². The van der Waals surface area contributed by atoms with E-state index in [4.69, 9.17) is 39.5 Å². The Kier molecular flexibility index (Phi) is 7.98. The highest BCUT2D eigenvalue weighted by Crippen LogP contribution is 2.33. The second-order valence-electron chi connectivity index (χ2n) is 9.93. The predicted octanol–water partition coefficient (Wildman–Crippen LogP) is 4.03. The number of benzene rings is 1. The van der Waals surface area contributed by atoms with Crippen LogP contribution in [0.4, 0.5) is 10.5 Å². The summed E-state index contributed by atoms with van der Waals surface area (Å²) in [5.41, 5.74) is 2.48. The molecule has 11 nitrogen and oxygen atoms in total. The van der Waals surface area contributed by atoms with Crippen LogP contribution in [0, 0.1) is 0 Å². The zero-order chi connectivity index (χ0) is 28.6. The third-order valence-corrected chi connectivity index (χ3v) is 7.50. The van der Waals surface area contributed by atoms with E-state index >= 15 is 0 Å². The average molecular weight is 610 g/mol. The highest BCUT2D eigenvalue weighted by Gasteiger charge is 2.45. The molecule has 0 spiro atoms. The van der Waals surface area contributed by atoms with Crippen molar-refractivity contribution in [3.05, 3.63) is 59.6 Å². The Morgan fingerprint density at radius 3 is 2.60 bits per heavy atom. The largest absolute Gasteiger partial charge is 0.445 e. The fourth-order valence-corrected chi connectivity index (χ4v) is 5.32. The van der Waals surface area contributed by atoms with Crippen molar-refractivity contribution in [2.45, 2.75) is 48.1 Å². The molecular weight excluding hydrogens is 583 g/mol. The minimum Gasteiger partial charge on any atom is -0.445 e. The highest BCUT2D eigenvalue weighted by atomic mass is 35.6. The number of aromatic nitrogens is 2. The van der Waals surface area contributed by atoms with Gasteiger partial charge in [-0.1, -0.05) is 47.4 Å². The zero-order valence-electron chi connectivity index (χ0n) is 21.4. The molecule has 0 aliphatic carbocycles. The van der Waals surface area contributed by atoms with Gasteiger partial charge in [-0.2, -0.15) is 5.10 Å². The fraction of sp³-hybridized carbons (Fsp3) is 0.423. The number of imide groups is 1. The Morgan fingerprint density at radius 2 is 1.90 bits per heavy atom. The average Bonchev–Trinajstić information content (AvgIpc) is 3.49. The van der Waals surface area contributed by atoms with Crippen molar-refractivity contribution < 1.29 is 23.9 Å². The Hall–Kier alpha value is -3.28. The normalized spacial score (nSPS) is 20.0. The van der Waals surface area contributed by atoms with Crippen LogP contribution in [-0.4, -0.2) is 72.9 Å². The number of hydrogen-bond donors (Lipinski definition) is 2. The van der Waals surface area contributed by atoms with Crippen LogP contribution in [0.2, 0.25) is 0 Å². The summed E-state index contributed by atoms with van der Waals surface area (Å²) in [6, 6.07) is 4.26. The third kappa shape index (κ3) is 5.91. The van der Waals surface area contributed by atoms with E-state index in [0.29, 0.717) is 56.7 Å². The molecule has 1 atom stereocenters. The first kappa shape index (κ1) is 28.3. The lowest BCUT2D eigenvalue weighted by molar-refractivity contribution is -0.125. The maximum atomic E-state index is 13.3. The van der Waals surface area contributed by atoms with Crippen LogP contribution < -0.4 is 10.6 Å². The summed E-state index contributed by atoms with van der Waals surface area (Å²) < 4.78 is 5.26. The van der Waals surface area contributed by atoms with Gasteiger partial charge in [-0.15, -0.1) is 0 Å². The molecule has 2 saturated heterocycles. The van der Waals surface area contributed by atoms with Crippen molar-refractivity contribution in [2.75, 3.05) is 25.0 Å². The van der Waals surface area contributed by atoms with Crippen LogP contribution in [-0.2, 0) is 16.1 Å². The summed E-state index contributed by atoms with van der Waals surface area (Å²) >= 11 is 16.9. The number of rotatable bonds is 6. The predicted molar refractivity (Wildman–Crippen MR) is 148 cm³/mol. The van der Waals surface area contributed by atoms with Gasteiger partial charge in [-0.25, -0.2) is 4.79 Å². The monoisotopic (exact) mass is 608 g/mol. The zero-order valence-corrected chi connectivity index (χ0v) is 23.6. The molecule has 14 heteroatoms. The number of anilines is 1. The summed E-state index contributed by atoms with van der Waals surface area (Å²) in [7, 11) is 0. The minimum absolute atomic E-state index is 0.0948. The molecular formula is C26H27Cl3N6O5. The number of halogens is 3. The first-order valence-corrected chi connectivity index (χ1v) is 13.9. The van der Waals surface area contributed by atoms with Crippen LogP contribution in [0.25, 0.3) is 0 Å². The van der Waals surface area contributed by atoms with Crippen molar-refractivity contribution >= 4 is 64.3 Å². The maximum Gasteiger partial charge on any atom is 0.409 e. The van der Waals surface area contributed by atoms with Gasteiger partial charge in [0.1, 0.15) is 12.6 Å². The summed E-state index contributed by atoms with van der Waals surface area (Å²) in [6.07, 6.45) is 5.32. The van der Waals surface area contributed by atoms with Crippen molar-refractivity contribution in [3.8, 4) is 0 Å². The molecule has 40 heavy (non-hydrogen) atoms. The van der Waals surface area contributed by atoms with E-state index in [9.17, 15) is 19.2 Å². The summed E-state index contributed by atoms with van der Waals surface area (Å²) in [4.78, 5) is 53.7. The summed E-state index contributed by atoms with van der Waals surface area (Å²) in [6.45, 7) is 4.76. The number of ether oxygens (including phenoxy) is 1. The number of alkyl halides is 3. The Morgan fingerprint density at radius 1 is 1.15 bits per heavy atom. The van der Waals surface area contributed by atoms with E-state index in [1.54, 1.807) is 29.3 Å². The van der Waals surface area contributed by atoms with Gasteiger partial charge in [0.05, 0.1) is 23.4 Å². The molecule has 1 unspecified atom stereocenters. The topological polar surface area (TPSA) is 126 Å². The van der Waals surface area contributed by atoms with Crippen LogP contribution in [0.5, 0.6) is 0 Å². The summed E-state index contributed by atoms with van der Waals surface area (Å²) in [5.74, 6) is -1.38. The van der Waals surface area contributed by atoms with Gasteiger partial charge >= 0.3 is 6.09 Å². The van der Waals surface area contributed by atoms with E-state index in [2.05, 4.69) is 22.3 Å². The fourth-order valence-electron chi connectivity index (χ4n) is 5.16. The van der Waals surface area contributed by atoms with Crippen LogP contribution >= 0.6 is 34.8 Å². The van der Waals surface area contributed by atoms with E-state index in [1.807, 2.05) is 10.9 Å². The van der Waals surface area contributed by atoms with E-state index in [1.165, 1.54) is 0 Å². The van der Waals surface area contributed by atoms with Crippen LogP contribution in [0.1, 0.15) is 58.0 Å². The third-order valence-electron chi connectivity index (χ3n) is 7.17. The lowest BCUT2D eigenvalue weighted by Crippen LogP contribution is -2.51.